The molecule has 3 rings (SSSR count). The van der Waals surface area contributed by atoms with Crippen molar-refractivity contribution in [2.45, 2.75) is 38.8 Å². The van der Waals surface area contributed by atoms with Crippen LogP contribution < -0.4 is 5.32 Å². The highest BCUT2D eigenvalue weighted by molar-refractivity contribution is 5.53. The van der Waals surface area contributed by atoms with Crippen LogP contribution in [0, 0.1) is 27.3 Å². The first-order valence-corrected chi connectivity index (χ1v) is 7.23. The highest BCUT2D eigenvalue weighted by atomic mass is 19.1. The lowest BCUT2D eigenvalue weighted by Crippen LogP contribution is -2.67. The molecule has 1 aliphatic carbocycles. The lowest BCUT2D eigenvalue weighted by molar-refractivity contribution is -0.387. The molecule has 0 spiro atoms. The number of hydrogen-bond acceptors (Lipinski definition) is 4. The Bertz CT molecular complexity index is 576. The van der Waals surface area contributed by atoms with Crippen molar-refractivity contribution in [1.29, 1.82) is 0 Å². The number of hydrogen-bond donors (Lipinski definition) is 1. The molecule has 5 nitrogen and oxygen atoms in total. The van der Waals surface area contributed by atoms with Crippen LogP contribution in [-0.4, -0.2) is 23.7 Å². The van der Waals surface area contributed by atoms with E-state index in [0.717, 1.165) is 25.5 Å². The summed E-state index contributed by atoms with van der Waals surface area (Å²) in [4.78, 5) is 10.1. The third kappa shape index (κ3) is 2.27. The van der Waals surface area contributed by atoms with E-state index in [9.17, 15) is 14.5 Å². The maximum atomic E-state index is 13.4. The highest BCUT2D eigenvalue weighted by Crippen LogP contribution is 2.52. The molecule has 0 aromatic heterocycles. The predicted octanol–water partition coefficient (Wildman–Crippen LogP) is 3.35. The molecular formula is C15H19FN2O3. The van der Waals surface area contributed by atoms with E-state index < -0.39 is 16.4 Å². The Balaban J connectivity index is 1.80. The number of ether oxygens (including phenoxy) is 1. The molecule has 0 radical (unpaired) electrons. The number of halogens is 1. The molecule has 2 fully saturated rings. The molecule has 1 N–H and O–H groups in total. The topological polar surface area (TPSA) is 64.4 Å². The fourth-order valence-electron chi connectivity index (χ4n) is 3.74. The van der Waals surface area contributed by atoms with Crippen molar-refractivity contribution in [2.24, 2.45) is 11.3 Å². The summed E-state index contributed by atoms with van der Waals surface area (Å²) in [5.41, 5.74) is 0.0626. The Morgan fingerprint density at radius 3 is 2.95 bits per heavy atom. The average Bonchev–Trinajstić information content (AvgIpc) is 2.46. The van der Waals surface area contributed by atoms with E-state index in [0.29, 0.717) is 11.6 Å². The Morgan fingerprint density at radius 1 is 1.48 bits per heavy atom. The number of nitro groups is 1. The first-order chi connectivity index (χ1) is 9.91. The van der Waals surface area contributed by atoms with Gasteiger partial charge in [0.05, 0.1) is 11.0 Å². The second kappa shape index (κ2) is 4.94. The van der Waals surface area contributed by atoms with E-state index in [1.165, 1.54) is 6.07 Å². The standard InChI is InChI=1S/C15H19FN2O3/c1-15(2)13(10-4-3-7-21-14(10)15)17-9-5-6-11(16)12(8-9)18(19)20/h5-6,8,10,13-14,17H,3-4,7H2,1-2H3. The van der Waals surface area contributed by atoms with Gasteiger partial charge in [-0.25, -0.2) is 0 Å². The maximum absolute atomic E-state index is 13.4. The molecule has 6 heteroatoms. The first-order valence-electron chi connectivity index (χ1n) is 7.23. The van der Waals surface area contributed by atoms with Gasteiger partial charge in [-0.3, -0.25) is 10.1 Å². The molecule has 1 saturated carbocycles. The van der Waals surface area contributed by atoms with Gasteiger partial charge in [0.25, 0.3) is 0 Å². The quantitative estimate of drug-likeness (QED) is 0.686. The average molecular weight is 294 g/mol. The molecule has 21 heavy (non-hydrogen) atoms. The van der Waals surface area contributed by atoms with Crippen LogP contribution in [0.3, 0.4) is 0 Å². The number of rotatable bonds is 3. The van der Waals surface area contributed by atoms with Gasteiger partial charge in [0, 0.05) is 35.7 Å². The molecule has 1 heterocycles. The van der Waals surface area contributed by atoms with Gasteiger partial charge in [-0.15, -0.1) is 0 Å². The van der Waals surface area contributed by atoms with Gasteiger partial charge in [0.1, 0.15) is 0 Å². The summed E-state index contributed by atoms with van der Waals surface area (Å²) in [7, 11) is 0. The van der Waals surface area contributed by atoms with Gasteiger partial charge in [0.2, 0.25) is 5.82 Å². The minimum absolute atomic E-state index is 0.0335. The number of nitrogens with zero attached hydrogens (tertiary/aromatic N) is 1. The second-order valence-electron chi connectivity index (χ2n) is 6.46. The summed E-state index contributed by atoms with van der Waals surface area (Å²) < 4.78 is 19.2. The van der Waals surface area contributed by atoms with E-state index in [4.69, 9.17) is 4.74 Å². The van der Waals surface area contributed by atoms with Crippen LogP contribution in [0.25, 0.3) is 0 Å². The number of nitro benzene ring substituents is 1. The van der Waals surface area contributed by atoms with Gasteiger partial charge in [-0.05, 0) is 25.0 Å². The fourth-order valence-corrected chi connectivity index (χ4v) is 3.74. The minimum Gasteiger partial charge on any atom is -0.381 e. The Labute approximate surface area is 122 Å². The molecule has 0 amide bonds. The Hall–Kier alpha value is -1.69. The fraction of sp³-hybridized carbons (Fsp3) is 0.600. The van der Waals surface area contributed by atoms with Gasteiger partial charge < -0.3 is 10.1 Å². The number of fused-ring (bicyclic) bond motifs is 1. The van der Waals surface area contributed by atoms with E-state index in [1.54, 1.807) is 6.07 Å². The van der Waals surface area contributed by atoms with Crippen molar-refractivity contribution in [3.05, 3.63) is 34.1 Å². The predicted molar refractivity (Wildman–Crippen MR) is 76.7 cm³/mol. The van der Waals surface area contributed by atoms with E-state index in [-0.39, 0.29) is 17.6 Å². The summed E-state index contributed by atoms with van der Waals surface area (Å²) in [6.07, 6.45) is 2.37. The van der Waals surface area contributed by atoms with Crippen LogP contribution in [0.5, 0.6) is 0 Å². The molecule has 114 valence electrons. The Morgan fingerprint density at radius 2 is 2.24 bits per heavy atom. The largest absolute Gasteiger partial charge is 0.381 e. The maximum Gasteiger partial charge on any atom is 0.306 e. The van der Waals surface area contributed by atoms with Gasteiger partial charge >= 0.3 is 5.69 Å². The highest BCUT2D eigenvalue weighted by Gasteiger charge is 2.57. The molecule has 0 bridgehead atoms. The first kappa shape index (κ1) is 14.3. The monoisotopic (exact) mass is 294 g/mol. The number of benzene rings is 1. The molecule has 2 aliphatic rings. The molecule has 1 aromatic carbocycles. The van der Waals surface area contributed by atoms with E-state index in [2.05, 4.69) is 19.2 Å². The van der Waals surface area contributed by atoms with Gasteiger partial charge in [-0.1, -0.05) is 13.8 Å². The van der Waals surface area contributed by atoms with Crippen LogP contribution in [0.1, 0.15) is 26.7 Å². The lowest BCUT2D eigenvalue weighted by atomic mass is 9.55. The number of anilines is 1. The Kier molecular flexibility index (Phi) is 3.36. The summed E-state index contributed by atoms with van der Waals surface area (Å²) in [6, 6.07) is 4.15. The van der Waals surface area contributed by atoms with Gasteiger partial charge in [-0.2, -0.15) is 4.39 Å². The van der Waals surface area contributed by atoms with Crippen molar-refractivity contribution in [3.8, 4) is 0 Å². The zero-order valence-corrected chi connectivity index (χ0v) is 12.1. The van der Waals surface area contributed by atoms with Crippen molar-refractivity contribution in [2.75, 3.05) is 11.9 Å². The minimum atomic E-state index is -0.808. The van der Waals surface area contributed by atoms with Crippen LogP contribution in [0.2, 0.25) is 0 Å². The molecule has 1 aliphatic heterocycles. The van der Waals surface area contributed by atoms with Gasteiger partial charge in [0.15, 0.2) is 0 Å². The van der Waals surface area contributed by atoms with Crippen molar-refractivity contribution in [1.82, 2.24) is 0 Å². The molecule has 3 unspecified atom stereocenters. The third-order valence-corrected chi connectivity index (χ3v) is 4.80. The van der Waals surface area contributed by atoms with Crippen molar-refractivity contribution in [3.63, 3.8) is 0 Å². The summed E-state index contributed by atoms with van der Waals surface area (Å²) >= 11 is 0. The van der Waals surface area contributed by atoms with Crippen molar-refractivity contribution < 1.29 is 14.1 Å². The van der Waals surface area contributed by atoms with Crippen LogP contribution in [-0.2, 0) is 4.74 Å². The van der Waals surface area contributed by atoms with E-state index in [1.807, 2.05) is 0 Å². The normalized spacial score (nSPS) is 30.1. The number of nitrogens with one attached hydrogen (secondary N) is 1. The van der Waals surface area contributed by atoms with Crippen LogP contribution in [0.15, 0.2) is 18.2 Å². The molecular weight excluding hydrogens is 275 g/mol. The van der Waals surface area contributed by atoms with Crippen molar-refractivity contribution >= 4 is 11.4 Å². The summed E-state index contributed by atoms with van der Waals surface area (Å²) in [6.45, 7) is 5.07. The zero-order valence-electron chi connectivity index (χ0n) is 12.1. The summed E-state index contributed by atoms with van der Waals surface area (Å²) in [5, 5.41) is 14.2. The van der Waals surface area contributed by atoms with Crippen LogP contribution >= 0.6 is 0 Å². The third-order valence-electron chi connectivity index (χ3n) is 4.80. The lowest BCUT2D eigenvalue weighted by Gasteiger charge is -2.60. The van der Waals surface area contributed by atoms with E-state index >= 15 is 0 Å². The smallest absolute Gasteiger partial charge is 0.306 e. The second-order valence-corrected chi connectivity index (χ2v) is 6.46. The zero-order chi connectivity index (χ0) is 15.2. The molecule has 3 atom stereocenters. The van der Waals surface area contributed by atoms with Crippen LogP contribution in [0.4, 0.5) is 15.8 Å². The molecule has 1 saturated heterocycles. The summed E-state index contributed by atoms with van der Waals surface area (Å²) in [5.74, 6) is -0.393. The molecule has 1 aromatic rings. The SMILES string of the molecule is CC1(C)C(Nc2ccc(F)c([N+](=O)[O-])c2)C2CCCOC21.